The van der Waals surface area contributed by atoms with Crippen molar-refractivity contribution in [2.45, 2.75) is 26.3 Å². The topological polar surface area (TPSA) is 78.4 Å². The van der Waals surface area contributed by atoms with Gasteiger partial charge < -0.3 is 15.1 Å². The van der Waals surface area contributed by atoms with Gasteiger partial charge in [0.1, 0.15) is 11.5 Å². The largest absolute Gasteiger partial charge is 0.367 e. The first-order valence-electron chi connectivity index (χ1n) is 9.30. The fourth-order valence-electron chi connectivity index (χ4n) is 2.89. The van der Waals surface area contributed by atoms with Gasteiger partial charge in [-0.2, -0.15) is 0 Å². The van der Waals surface area contributed by atoms with E-state index in [4.69, 9.17) is 0 Å². The van der Waals surface area contributed by atoms with Crippen LogP contribution in [0.2, 0.25) is 0 Å². The van der Waals surface area contributed by atoms with Gasteiger partial charge in [0.05, 0.1) is 0 Å². The molecule has 3 rings (SSSR count). The fourth-order valence-corrected chi connectivity index (χ4v) is 2.89. The van der Waals surface area contributed by atoms with Crippen molar-refractivity contribution in [2.24, 2.45) is 0 Å². The number of aromatic nitrogens is 2. The Morgan fingerprint density at radius 2 is 1.89 bits per heavy atom. The molecule has 1 aromatic heterocycles. The summed E-state index contributed by atoms with van der Waals surface area (Å²) in [7, 11) is 0. The molecule has 0 bridgehead atoms. The smallest absolute Gasteiger partial charge is 0.272 e. The van der Waals surface area contributed by atoms with E-state index in [0.717, 1.165) is 18.4 Å². The van der Waals surface area contributed by atoms with Crippen molar-refractivity contribution in [1.82, 2.24) is 19.8 Å². The second-order valence-electron chi connectivity index (χ2n) is 6.72. The lowest BCUT2D eigenvalue weighted by Crippen LogP contribution is -2.48. The van der Waals surface area contributed by atoms with Crippen molar-refractivity contribution in [3.8, 4) is 11.4 Å². The molecule has 1 saturated heterocycles. The predicted octanol–water partition coefficient (Wildman–Crippen LogP) is 2.27. The summed E-state index contributed by atoms with van der Waals surface area (Å²) < 4.78 is 0. The van der Waals surface area contributed by atoms with Crippen LogP contribution < -0.4 is 5.32 Å². The van der Waals surface area contributed by atoms with Crippen LogP contribution in [0.4, 0.5) is 5.82 Å². The van der Waals surface area contributed by atoms with Gasteiger partial charge in [-0.3, -0.25) is 9.59 Å². The first kappa shape index (κ1) is 18.8. The predicted molar refractivity (Wildman–Crippen MR) is 104 cm³/mol. The molecular weight excluding hydrogens is 342 g/mol. The second kappa shape index (κ2) is 8.62. The molecule has 1 fully saturated rings. The second-order valence-corrected chi connectivity index (χ2v) is 6.72. The minimum Gasteiger partial charge on any atom is -0.367 e. The molecule has 2 amide bonds. The van der Waals surface area contributed by atoms with Crippen LogP contribution in [0.3, 0.4) is 0 Å². The van der Waals surface area contributed by atoms with E-state index < -0.39 is 0 Å². The molecule has 0 aliphatic carbocycles. The molecule has 2 aromatic rings. The molecule has 2 heterocycles. The normalized spacial score (nSPS) is 15.3. The summed E-state index contributed by atoms with van der Waals surface area (Å²) in [4.78, 5) is 36.4. The quantitative estimate of drug-likeness (QED) is 0.793. The van der Waals surface area contributed by atoms with Gasteiger partial charge in [-0.1, -0.05) is 37.3 Å². The minimum absolute atomic E-state index is 0.132. The zero-order valence-electron chi connectivity index (χ0n) is 15.8. The number of nitrogens with zero attached hydrogens (tertiary/aromatic N) is 4. The Hall–Kier alpha value is -2.96. The van der Waals surface area contributed by atoms with Crippen LogP contribution in [0.5, 0.6) is 0 Å². The molecule has 1 aliphatic heterocycles. The van der Waals surface area contributed by atoms with Crippen LogP contribution in [0.15, 0.2) is 36.4 Å². The highest BCUT2D eigenvalue weighted by molar-refractivity contribution is 5.93. The molecule has 0 radical (unpaired) electrons. The van der Waals surface area contributed by atoms with Crippen LogP contribution in [0.1, 0.15) is 30.8 Å². The average molecular weight is 367 g/mol. The SMILES string of the molecule is CCC(C)Nc1cc(C(=O)N2CCN(C=O)CC2)nc(-c2ccccc2)n1. The molecule has 1 unspecified atom stereocenters. The lowest BCUT2D eigenvalue weighted by atomic mass is 10.2. The first-order chi connectivity index (χ1) is 13.1. The standard InChI is InChI=1S/C20H25N5O2/c1-3-15(2)21-18-13-17(20(27)25-11-9-24(14-26)10-12-25)22-19(23-18)16-7-5-4-6-8-16/h4-8,13-15H,3,9-12H2,1-2H3,(H,21,22,23). The highest BCUT2D eigenvalue weighted by Gasteiger charge is 2.23. The average Bonchev–Trinajstić information content (AvgIpc) is 2.73. The molecule has 1 atom stereocenters. The number of piperazine rings is 1. The number of carbonyl (C=O) groups excluding carboxylic acids is 2. The van der Waals surface area contributed by atoms with Gasteiger partial charge in [0, 0.05) is 43.9 Å². The highest BCUT2D eigenvalue weighted by atomic mass is 16.2. The Balaban J connectivity index is 1.90. The number of anilines is 1. The van der Waals surface area contributed by atoms with Gasteiger partial charge in [-0.05, 0) is 13.3 Å². The van der Waals surface area contributed by atoms with E-state index in [0.29, 0.717) is 43.5 Å². The van der Waals surface area contributed by atoms with Gasteiger partial charge in [0.15, 0.2) is 5.82 Å². The number of rotatable bonds is 6. The first-order valence-corrected chi connectivity index (χ1v) is 9.30. The van der Waals surface area contributed by atoms with Crippen molar-refractivity contribution < 1.29 is 9.59 Å². The monoisotopic (exact) mass is 367 g/mol. The van der Waals surface area contributed by atoms with Crippen molar-refractivity contribution >= 4 is 18.1 Å². The lowest BCUT2D eigenvalue weighted by molar-refractivity contribution is -0.119. The zero-order chi connectivity index (χ0) is 19.2. The summed E-state index contributed by atoms with van der Waals surface area (Å²) >= 11 is 0. The molecule has 142 valence electrons. The fraction of sp³-hybridized carbons (Fsp3) is 0.400. The number of hydrogen-bond donors (Lipinski definition) is 1. The van der Waals surface area contributed by atoms with Gasteiger partial charge in [0.25, 0.3) is 5.91 Å². The molecule has 1 N–H and O–H groups in total. The number of amides is 2. The number of nitrogens with one attached hydrogen (secondary N) is 1. The summed E-state index contributed by atoms with van der Waals surface area (Å²) in [5, 5.41) is 3.34. The molecular formula is C20H25N5O2. The van der Waals surface area contributed by atoms with Crippen molar-refractivity contribution in [2.75, 3.05) is 31.5 Å². The summed E-state index contributed by atoms with van der Waals surface area (Å²) in [6.45, 7) is 6.28. The number of hydrogen-bond acceptors (Lipinski definition) is 5. The van der Waals surface area contributed by atoms with Crippen molar-refractivity contribution in [1.29, 1.82) is 0 Å². The van der Waals surface area contributed by atoms with E-state index in [9.17, 15) is 9.59 Å². The third-order valence-electron chi connectivity index (χ3n) is 4.73. The molecule has 27 heavy (non-hydrogen) atoms. The highest BCUT2D eigenvalue weighted by Crippen LogP contribution is 2.20. The molecule has 7 nitrogen and oxygen atoms in total. The van der Waals surface area contributed by atoms with E-state index in [1.54, 1.807) is 15.9 Å². The van der Waals surface area contributed by atoms with Gasteiger partial charge in [-0.25, -0.2) is 9.97 Å². The molecule has 0 spiro atoms. The lowest BCUT2D eigenvalue weighted by Gasteiger charge is -2.32. The molecule has 0 saturated carbocycles. The maximum Gasteiger partial charge on any atom is 0.272 e. The van der Waals surface area contributed by atoms with Crippen LogP contribution in [0.25, 0.3) is 11.4 Å². The van der Waals surface area contributed by atoms with Crippen molar-refractivity contribution in [3.63, 3.8) is 0 Å². The molecule has 1 aliphatic rings. The van der Waals surface area contributed by atoms with Crippen LogP contribution in [-0.2, 0) is 4.79 Å². The summed E-state index contributed by atoms with van der Waals surface area (Å²) in [6.07, 6.45) is 1.77. The Kier molecular flexibility index (Phi) is 6.01. The van der Waals surface area contributed by atoms with Crippen LogP contribution in [-0.4, -0.2) is 64.3 Å². The Bertz CT molecular complexity index is 788. The minimum atomic E-state index is -0.132. The van der Waals surface area contributed by atoms with Crippen molar-refractivity contribution in [3.05, 3.63) is 42.1 Å². The Labute approximate surface area is 159 Å². The maximum absolute atomic E-state index is 13.0. The number of carbonyl (C=O) groups is 2. The summed E-state index contributed by atoms with van der Waals surface area (Å²) in [5.41, 5.74) is 1.24. The van der Waals surface area contributed by atoms with Crippen LogP contribution >= 0.6 is 0 Å². The third-order valence-corrected chi connectivity index (χ3v) is 4.73. The molecule has 1 aromatic carbocycles. The van der Waals surface area contributed by atoms with E-state index in [2.05, 4.69) is 29.1 Å². The Morgan fingerprint density at radius 3 is 2.52 bits per heavy atom. The molecule has 7 heteroatoms. The number of benzene rings is 1. The Morgan fingerprint density at radius 1 is 1.19 bits per heavy atom. The maximum atomic E-state index is 13.0. The van der Waals surface area contributed by atoms with Crippen LogP contribution in [0, 0.1) is 0 Å². The van der Waals surface area contributed by atoms with Gasteiger partial charge >= 0.3 is 0 Å². The third kappa shape index (κ3) is 4.61. The van der Waals surface area contributed by atoms with Gasteiger partial charge in [0.2, 0.25) is 6.41 Å². The van der Waals surface area contributed by atoms with E-state index >= 15 is 0 Å². The summed E-state index contributed by atoms with van der Waals surface area (Å²) in [6, 6.07) is 11.6. The van der Waals surface area contributed by atoms with E-state index in [-0.39, 0.29) is 11.9 Å². The zero-order valence-corrected chi connectivity index (χ0v) is 15.8. The van der Waals surface area contributed by atoms with Gasteiger partial charge in [-0.15, -0.1) is 0 Å². The summed E-state index contributed by atoms with van der Waals surface area (Å²) in [5.74, 6) is 1.04. The van der Waals surface area contributed by atoms with E-state index in [1.807, 2.05) is 30.3 Å². The van der Waals surface area contributed by atoms with E-state index in [1.165, 1.54) is 0 Å².